The van der Waals surface area contributed by atoms with Crippen molar-refractivity contribution in [2.75, 3.05) is 7.05 Å². The van der Waals surface area contributed by atoms with Crippen LogP contribution in [-0.4, -0.2) is 7.05 Å². The maximum atomic E-state index is 3.81. The Morgan fingerprint density at radius 2 is 1.93 bits per heavy atom. The van der Waals surface area contributed by atoms with Crippen LogP contribution in [0.4, 0.5) is 0 Å². The maximum absolute atomic E-state index is 3.81. The third-order valence-electron chi connectivity index (χ3n) is 1.78. The third kappa shape index (κ3) is 5.25. The van der Waals surface area contributed by atoms with Gasteiger partial charge < -0.3 is 10.6 Å². The molecule has 78 valence electrons. The monoisotopic (exact) mass is 192 g/mol. The molecule has 0 amide bonds. The number of hydrogen-bond donors (Lipinski definition) is 2. The van der Waals surface area contributed by atoms with Crippen molar-refractivity contribution in [3.05, 3.63) is 48.0 Å². The van der Waals surface area contributed by atoms with Crippen LogP contribution >= 0.6 is 0 Å². The number of allylic oxidation sites excluding steroid dienone is 5. The topological polar surface area (TPSA) is 24.1 Å². The highest BCUT2D eigenvalue weighted by atomic mass is 15.1. The average Bonchev–Trinajstić information content (AvgIpc) is 2.17. The van der Waals surface area contributed by atoms with Gasteiger partial charge in [-0.05, 0) is 32.9 Å². The van der Waals surface area contributed by atoms with E-state index >= 15 is 0 Å². The summed E-state index contributed by atoms with van der Waals surface area (Å²) in [6, 6.07) is 0. The molecule has 0 rings (SSSR count). The van der Waals surface area contributed by atoms with Gasteiger partial charge in [-0.25, -0.2) is 0 Å². The van der Waals surface area contributed by atoms with E-state index in [9.17, 15) is 0 Å². The van der Waals surface area contributed by atoms with E-state index in [4.69, 9.17) is 0 Å². The van der Waals surface area contributed by atoms with Crippen molar-refractivity contribution in [3.8, 4) is 0 Å². The maximum Gasteiger partial charge on any atom is 0.0954 e. The predicted octanol–water partition coefficient (Wildman–Crippen LogP) is 2.69. The molecular weight excluding hydrogens is 172 g/mol. The SMILES string of the molecule is C=C(NC)NC(/C=C\C)=C/C(C)=C\C. The Morgan fingerprint density at radius 1 is 1.29 bits per heavy atom. The van der Waals surface area contributed by atoms with E-state index in [1.807, 2.05) is 33.0 Å². The lowest BCUT2D eigenvalue weighted by Crippen LogP contribution is -2.20. The van der Waals surface area contributed by atoms with Crippen LogP contribution < -0.4 is 10.6 Å². The van der Waals surface area contributed by atoms with Gasteiger partial charge in [-0.15, -0.1) is 0 Å². The molecule has 0 aliphatic heterocycles. The first-order valence-electron chi connectivity index (χ1n) is 4.75. The fourth-order valence-electron chi connectivity index (χ4n) is 0.871. The highest BCUT2D eigenvalue weighted by Gasteiger charge is 1.92. The Morgan fingerprint density at radius 3 is 2.36 bits per heavy atom. The largest absolute Gasteiger partial charge is 0.375 e. The van der Waals surface area contributed by atoms with E-state index < -0.39 is 0 Å². The van der Waals surface area contributed by atoms with Gasteiger partial charge in [0.2, 0.25) is 0 Å². The van der Waals surface area contributed by atoms with Crippen LogP contribution in [0.2, 0.25) is 0 Å². The zero-order valence-electron chi connectivity index (χ0n) is 9.52. The molecule has 0 unspecified atom stereocenters. The first-order valence-corrected chi connectivity index (χ1v) is 4.75. The summed E-state index contributed by atoms with van der Waals surface area (Å²) in [4.78, 5) is 0. The summed E-state index contributed by atoms with van der Waals surface area (Å²) >= 11 is 0. The summed E-state index contributed by atoms with van der Waals surface area (Å²) in [5.74, 6) is 0.790. The lowest BCUT2D eigenvalue weighted by atomic mass is 10.2. The minimum Gasteiger partial charge on any atom is -0.375 e. The van der Waals surface area contributed by atoms with Crippen LogP contribution in [0.5, 0.6) is 0 Å². The Labute approximate surface area is 87.1 Å². The number of hydrogen-bond acceptors (Lipinski definition) is 2. The summed E-state index contributed by atoms with van der Waals surface area (Å²) in [6.07, 6.45) is 8.13. The Bertz CT molecular complexity index is 270. The van der Waals surface area contributed by atoms with Crippen LogP contribution in [0.3, 0.4) is 0 Å². The molecule has 0 atom stereocenters. The van der Waals surface area contributed by atoms with Crippen molar-refractivity contribution >= 4 is 0 Å². The van der Waals surface area contributed by atoms with Gasteiger partial charge in [0.25, 0.3) is 0 Å². The van der Waals surface area contributed by atoms with Gasteiger partial charge in [0.1, 0.15) is 0 Å². The van der Waals surface area contributed by atoms with E-state index in [1.54, 1.807) is 0 Å². The summed E-state index contributed by atoms with van der Waals surface area (Å²) in [7, 11) is 1.84. The molecule has 0 aromatic rings. The molecule has 0 aromatic heterocycles. The van der Waals surface area contributed by atoms with E-state index in [2.05, 4.69) is 36.3 Å². The van der Waals surface area contributed by atoms with Crippen molar-refractivity contribution < 1.29 is 0 Å². The van der Waals surface area contributed by atoms with Gasteiger partial charge in [0.05, 0.1) is 5.82 Å². The van der Waals surface area contributed by atoms with Crippen molar-refractivity contribution in [2.24, 2.45) is 0 Å². The molecule has 2 heteroatoms. The van der Waals surface area contributed by atoms with Crippen LogP contribution in [0.1, 0.15) is 20.8 Å². The van der Waals surface area contributed by atoms with Crippen molar-refractivity contribution in [1.29, 1.82) is 0 Å². The molecule has 0 saturated carbocycles. The normalized spacial score (nSPS) is 13.1. The van der Waals surface area contributed by atoms with E-state index in [1.165, 1.54) is 5.57 Å². The van der Waals surface area contributed by atoms with Gasteiger partial charge in [-0.3, -0.25) is 0 Å². The van der Waals surface area contributed by atoms with E-state index in [0.717, 1.165) is 11.5 Å². The Kier molecular flexibility index (Phi) is 6.29. The van der Waals surface area contributed by atoms with Crippen molar-refractivity contribution in [1.82, 2.24) is 10.6 Å². The lowest BCUT2D eigenvalue weighted by Gasteiger charge is -2.09. The molecule has 14 heavy (non-hydrogen) atoms. The fraction of sp³-hybridized carbons (Fsp3) is 0.333. The van der Waals surface area contributed by atoms with E-state index in [-0.39, 0.29) is 0 Å². The highest BCUT2D eigenvalue weighted by Crippen LogP contribution is 2.02. The number of nitrogens with one attached hydrogen (secondary N) is 2. The standard InChI is InChI=1S/C12H20N2/c1-6-8-12(9-10(3)7-2)14-11(4)13-5/h6-9,13-14H,4H2,1-3,5H3/b8-6-,10-7-,12-9+. The van der Waals surface area contributed by atoms with Crippen molar-refractivity contribution in [3.63, 3.8) is 0 Å². The highest BCUT2D eigenvalue weighted by molar-refractivity contribution is 5.29. The Balaban J connectivity index is 4.60. The summed E-state index contributed by atoms with van der Waals surface area (Å²) in [5.41, 5.74) is 2.25. The predicted molar refractivity (Wildman–Crippen MR) is 63.7 cm³/mol. The minimum atomic E-state index is 0.790. The molecule has 0 saturated heterocycles. The first-order chi connectivity index (χ1) is 6.63. The minimum absolute atomic E-state index is 0.790. The molecule has 0 bridgehead atoms. The van der Waals surface area contributed by atoms with Gasteiger partial charge in [0, 0.05) is 12.7 Å². The van der Waals surface area contributed by atoms with Gasteiger partial charge in [0.15, 0.2) is 0 Å². The molecule has 0 spiro atoms. The second-order valence-electron chi connectivity index (χ2n) is 2.99. The zero-order chi connectivity index (χ0) is 11.0. The summed E-state index contributed by atoms with van der Waals surface area (Å²) in [6.45, 7) is 9.88. The third-order valence-corrected chi connectivity index (χ3v) is 1.78. The molecule has 0 aliphatic carbocycles. The average molecular weight is 192 g/mol. The van der Waals surface area contributed by atoms with Crippen LogP contribution in [0.25, 0.3) is 0 Å². The fourth-order valence-corrected chi connectivity index (χ4v) is 0.871. The van der Waals surface area contributed by atoms with Gasteiger partial charge in [-0.1, -0.05) is 24.3 Å². The second-order valence-corrected chi connectivity index (χ2v) is 2.99. The Hall–Kier alpha value is -1.44. The zero-order valence-corrected chi connectivity index (χ0v) is 9.52. The molecule has 0 fully saturated rings. The van der Waals surface area contributed by atoms with Gasteiger partial charge >= 0.3 is 0 Å². The molecule has 0 radical (unpaired) electrons. The molecule has 2 N–H and O–H groups in total. The quantitative estimate of drug-likeness (QED) is 0.654. The van der Waals surface area contributed by atoms with Crippen LogP contribution in [0, 0.1) is 0 Å². The second kappa shape index (κ2) is 7.01. The molecule has 0 heterocycles. The van der Waals surface area contributed by atoms with Crippen LogP contribution in [0.15, 0.2) is 48.0 Å². The smallest absolute Gasteiger partial charge is 0.0954 e. The van der Waals surface area contributed by atoms with Crippen LogP contribution in [-0.2, 0) is 0 Å². The molecule has 0 aromatic carbocycles. The van der Waals surface area contributed by atoms with E-state index in [0.29, 0.717) is 0 Å². The summed E-state index contributed by atoms with van der Waals surface area (Å²) < 4.78 is 0. The molecule has 0 aliphatic rings. The number of rotatable bonds is 5. The van der Waals surface area contributed by atoms with Crippen molar-refractivity contribution in [2.45, 2.75) is 20.8 Å². The molecule has 2 nitrogen and oxygen atoms in total. The first kappa shape index (κ1) is 12.6. The lowest BCUT2D eigenvalue weighted by molar-refractivity contribution is 0.853. The molecular formula is C12H20N2. The van der Waals surface area contributed by atoms with Gasteiger partial charge in [-0.2, -0.15) is 0 Å². The summed E-state index contributed by atoms with van der Waals surface area (Å²) in [5, 5.41) is 6.11.